The number of nitrogens with zero attached hydrogens (tertiary/aromatic N) is 6. The summed E-state index contributed by atoms with van der Waals surface area (Å²) in [6, 6.07) is 13.5. The Labute approximate surface area is 154 Å². The van der Waals surface area contributed by atoms with Crippen molar-refractivity contribution in [2.45, 2.75) is 33.4 Å². The lowest BCUT2D eigenvalue weighted by atomic mass is 10.1. The summed E-state index contributed by atoms with van der Waals surface area (Å²) in [4.78, 5) is 5.07. The highest BCUT2D eigenvalue weighted by atomic mass is 15.5. The number of benzene rings is 1. The second-order valence-corrected chi connectivity index (χ2v) is 7.15. The third kappa shape index (κ3) is 3.12. The molecule has 1 aromatic carbocycles. The van der Waals surface area contributed by atoms with Crippen molar-refractivity contribution in [2.75, 3.05) is 24.5 Å². The highest BCUT2D eigenvalue weighted by Crippen LogP contribution is 2.22. The van der Waals surface area contributed by atoms with Crippen molar-refractivity contribution in [1.29, 1.82) is 0 Å². The van der Waals surface area contributed by atoms with Crippen molar-refractivity contribution in [3.8, 4) is 0 Å². The van der Waals surface area contributed by atoms with Crippen molar-refractivity contribution in [3.63, 3.8) is 0 Å². The van der Waals surface area contributed by atoms with Crippen LogP contribution in [0.15, 0.2) is 49.1 Å². The third-order valence-corrected chi connectivity index (χ3v) is 5.40. The highest BCUT2D eigenvalue weighted by Gasteiger charge is 2.25. The van der Waals surface area contributed by atoms with Gasteiger partial charge in [0, 0.05) is 49.3 Å². The minimum atomic E-state index is 0.516. The Balaban J connectivity index is 1.48. The molecular formula is C20H26N6. The van der Waals surface area contributed by atoms with Crippen LogP contribution in [0.5, 0.6) is 0 Å². The Kier molecular flexibility index (Phi) is 4.51. The van der Waals surface area contributed by atoms with E-state index in [1.54, 1.807) is 12.7 Å². The molecule has 0 N–H and O–H groups in total. The first-order valence-electron chi connectivity index (χ1n) is 9.20. The normalized spacial score (nSPS) is 18.4. The van der Waals surface area contributed by atoms with Crippen LogP contribution in [-0.2, 0) is 6.54 Å². The Hall–Kier alpha value is -2.60. The van der Waals surface area contributed by atoms with E-state index in [1.807, 2.05) is 4.68 Å². The number of piperazine rings is 1. The SMILES string of the molecule is Cc1cc(CN2CCN(c3ccccc3)C[C@H]2C)c(C)n1-n1cnnc1. The summed E-state index contributed by atoms with van der Waals surface area (Å²) in [6.45, 7) is 10.8. The van der Waals surface area contributed by atoms with Crippen molar-refractivity contribution in [1.82, 2.24) is 24.4 Å². The standard InChI is InChI=1S/C20H26N6/c1-16-11-19(18(3)26(16)25-14-21-22-15-25)13-23-9-10-24(12-17(23)2)20-7-5-4-6-8-20/h4-8,11,14-15,17H,9-10,12-13H2,1-3H3/t17-/m1/s1. The lowest BCUT2D eigenvalue weighted by Crippen LogP contribution is -2.51. The van der Waals surface area contributed by atoms with Gasteiger partial charge in [0.25, 0.3) is 0 Å². The first-order valence-corrected chi connectivity index (χ1v) is 9.20. The van der Waals surface area contributed by atoms with Crippen LogP contribution < -0.4 is 4.90 Å². The Morgan fingerprint density at radius 2 is 1.77 bits per heavy atom. The van der Waals surface area contributed by atoms with Crippen LogP contribution in [0.3, 0.4) is 0 Å². The van der Waals surface area contributed by atoms with E-state index in [-0.39, 0.29) is 0 Å². The average Bonchev–Trinajstić information content (AvgIpc) is 3.26. The molecule has 0 unspecified atom stereocenters. The zero-order valence-electron chi connectivity index (χ0n) is 15.7. The number of rotatable bonds is 4. The number of hydrogen-bond donors (Lipinski definition) is 0. The first-order chi connectivity index (χ1) is 12.6. The van der Waals surface area contributed by atoms with Crippen LogP contribution in [0.1, 0.15) is 23.9 Å². The maximum Gasteiger partial charge on any atom is 0.139 e. The molecule has 0 spiro atoms. The molecule has 3 aromatic rings. The fourth-order valence-corrected chi connectivity index (χ4v) is 3.95. The number of aromatic nitrogens is 4. The minimum Gasteiger partial charge on any atom is -0.369 e. The number of hydrogen-bond acceptors (Lipinski definition) is 4. The summed E-state index contributed by atoms with van der Waals surface area (Å²) < 4.78 is 4.10. The zero-order chi connectivity index (χ0) is 18.1. The molecule has 0 saturated carbocycles. The van der Waals surface area contributed by atoms with Crippen LogP contribution in [0.4, 0.5) is 5.69 Å². The van der Waals surface area contributed by atoms with Gasteiger partial charge in [-0.25, -0.2) is 4.68 Å². The fourth-order valence-electron chi connectivity index (χ4n) is 3.95. The topological polar surface area (TPSA) is 42.1 Å². The van der Waals surface area contributed by atoms with E-state index < -0.39 is 0 Å². The van der Waals surface area contributed by atoms with E-state index in [1.165, 1.54) is 22.6 Å². The van der Waals surface area contributed by atoms with Gasteiger partial charge in [-0.1, -0.05) is 18.2 Å². The molecule has 0 radical (unpaired) electrons. The van der Waals surface area contributed by atoms with Gasteiger partial charge in [-0.2, -0.15) is 0 Å². The summed E-state index contributed by atoms with van der Waals surface area (Å²) in [7, 11) is 0. The molecule has 3 heterocycles. The Morgan fingerprint density at radius 3 is 2.46 bits per heavy atom. The summed E-state index contributed by atoms with van der Waals surface area (Å²) >= 11 is 0. The van der Waals surface area contributed by atoms with Crippen LogP contribution in [0.25, 0.3) is 0 Å². The molecule has 1 aliphatic heterocycles. The molecule has 2 aromatic heterocycles. The van der Waals surface area contributed by atoms with Crippen molar-refractivity contribution < 1.29 is 0 Å². The molecule has 0 aliphatic carbocycles. The van der Waals surface area contributed by atoms with Crippen LogP contribution in [0.2, 0.25) is 0 Å². The predicted molar refractivity (Wildman–Crippen MR) is 103 cm³/mol. The van der Waals surface area contributed by atoms with E-state index in [0.29, 0.717) is 6.04 Å². The molecule has 1 saturated heterocycles. The fraction of sp³-hybridized carbons (Fsp3) is 0.400. The molecule has 6 nitrogen and oxygen atoms in total. The molecule has 136 valence electrons. The molecule has 4 rings (SSSR count). The second-order valence-electron chi connectivity index (χ2n) is 7.15. The van der Waals surface area contributed by atoms with Crippen LogP contribution >= 0.6 is 0 Å². The van der Waals surface area contributed by atoms with Gasteiger partial charge in [-0.3, -0.25) is 9.58 Å². The lowest BCUT2D eigenvalue weighted by molar-refractivity contribution is 0.180. The van der Waals surface area contributed by atoms with Crippen molar-refractivity contribution in [2.24, 2.45) is 0 Å². The molecule has 0 bridgehead atoms. The zero-order valence-corrected chi connectivity index (χ0v) is 15.7. The highest BCUT2D eigenvalue weighted by molar-refractivity contribution is 5.46. The summed E-state index contributed by atoms with van der Waals surface area (Å²) in [6.07, 6.45) is 3.48. The predicted octanol–water partition coefficient (Wildman–Crippen LogP) is 2.72. The molecule has 0 amide bonds. The largest absolute Gasteiger partial charge is 0.369 e. The number of aryl methyl sites for hydroxylation is 1. The van der Waals surface area contributed by atoms with Gasteiger partial charge in [0.2, 0.25) is 0 Å². The van der Waals surface area contributed by atoms with E-state index >= 15 is 0 Å². The lowest BCUT2D eigenvalue weighted by Gasteiger charge is -2.41. The Morgan fingerprint density at radius 1 is 1.04 bits per heavy atom. The maximum atomic E-state index is 3.93. The Bertz CT molecular complexity index is 852. The number of anilines is 1. The summed E-state index contributed by atoms with van der Waals surface area (Å²) in [5.74, 6) is 0. The smallest absolute Gasteiger partial charge is 0.139 e. The van der Waals surface area contributed by atoms with Crippen molar-refractivity contribution >= 4 is 5.69 Å². The van der Waals surface area contributed by atoms with E-state index in [9.17, 15) is 0 Å². The van der Waals surface area contributed by atoms with Gasteiger partial charge >= 0.3 is 0 Å². The average molecular weight is 350 g/mol. The molecular weight excluding hydrogens is 324 g/mol. The molecule has 1 fully saturated rings. The third-order valence-electron chi connectivity index (χ3n) is 5.40. The van der Waals surface area contributed by atoms with Gasteiger partial charge < -0.3 is 4.90 Å². The van der Waals surface area contributed by atoms with Gasteiger partial charge in [0.15, 0.2) is 0 Å². The van der Waals surface area contributed by atoms with Gasteiger partial charge in [0.1, 0.15) is 12.7 Å². The second kappa shape index (κ2) is 6.96. The van der Waals surface area contributed by atoms with Crippen LogP contribution in [-0.4, -0.2) is 50.1 Å². The van der Waals surface area contributed by atoms with E-state index in [0.717, 1.165) is 26.2 Å². The molecule has 6 heteroatoms. The molecule has 1 aliphatic rings. The molecule has 1 atom stereocenters. The molecule has 26 heavy (non-hydrogen) atoms. The van der Waals surface area contributed by atoms with E-state index in [2.05, 4.69) is 81.8 Å². The van der Waals surface area contributed by atoms with Gasteiger partial charge in [0.05, 0.1) is 0 Å². The van der Waals surface area contributed by atoms with Crippen molar-refractivity contribution in [3.05, 3.63) is 66.0 Å². The minimum absolute atomic E-state index is 0.516. The van der Waals surface area contributed by atoms with Gasteiger partial charge in [-0.15, -0.1) is 10.2 Å². The quantitative estimate of drug-likeness (QED) is 0.726. The van der Waals surface area contributed by atoms with Crippen LogP contribution in [0, 0.1) is 13.8 Å². The monoisotopic (exact) mass is 350 g/mol. The summed E-state index contributed by atoms with van der Waals surface area (Å²) in [5, 5.41) is 7.86. The number of para-hydroxylation sites is 1. The van der Waals surface area contributed by atoms with E-state index in [4.69, 9.17) is 0 Å². The maximum absolute atomic E-state index is 3.93. The summed E-state index contributed by atoms with van der Waals surface area (Å²) in [5.41, 5.74) is 5.15. The first kappa shape index (κ1) is 16.8. The van der Waals surface area contributed by atoms with Gasteiger partial charge in [-0.05, 0) is 44.5 Å².